The van der Waals surface area contributed by atoms with E-state index in [1.54, 1.807) is 12.3 Å². The number of carbonyl (C=O) groups is 1. The van der Waals surface area contributed by atoms with Gasteiger partial charge in [0.25, 0.3) is 5.56 Å². The van der Waals surface area contributed by atoms with Crippen LogP contribution in [0.2, 0.25) is 0 Å². The van der Waals surface area contributed by atoms with Gasteiger partial charge in [-0.05, 0) is 30.5 Å². The fraction of sp³-hybridized carbons (Fsp3) is 0.222. The Labute approximate surface area is 129 Å². The van der Waals surface area contributed by atoms with Gasteiger partial charge in [-0.25, -0.2) is 0 Å². The largest absolute Gasteiger partial charge is 0.481 e. The quantitative estimate of drug-likeness (QED) is 0.890. The van der Waals surface area contributed by atoms with Crippen molar-refractivity contribution in [2.24, 2.45) is 0 Å². The molecule has 0 aliphatic rings. The summed E-state index contributed by atoms with van der Waals surface area (Å²) in [6, 6.07) is 11.5. The van der Waals surface area contributed by atoms with Crippen molar-refractivity contribution < 1.29 is 9.90 Å². The van der Waals surface area contributed by atoms with E-state index in [1.165, 1.54) is 10.1 Å². The van der Waals surface area contributed by atoms with Crippen molar-refractivity contribution >= 4 is 18.1 Å². The number of carboxylic acids is 1. The lowest BCUT2D eigenvalue weighted by atomic mass is 10.1. The number of hydrogen-bond donors (Lipinski definition) is 1. The molecule has 0 spiro atoms. The van der Waals surface area contributed by atoms with Crippen LogP contribution in [0.15, 0.2) is 47.4 Å². The molecule has 22 heavy (non-hydrogen) atoms. The van der Waals surface area contributed by atoms with Crippen molar-refractivity contribution in [3.8, 4) is 0 Å². The average Bonchev–Trinajstić information content (AvgIpc) is 2.47. The number of nitrogens with zero attached hydrogens (tertiary/aromatic N) is 1. The SMILES string of the molecule is Cc1cccc(/C=C/c2ccn(CCCC(=O)O)c(=O)c2)c1. The second kappa shape index (κ2) is 7.41. The molecule has 0 amide bonds. The second-order valence-corrected chi connectivity index (χ2v) is 5.24. The van der Waals surface area contributed by atoms with Crippen LogP contribution in [0.4, 0.5) is 0 Å². The fourth-order valence-corrected chi connectivity index (χ4v) is 2.18. The van der Waals surface area contributed by atoms with Gasteiger partial charge in [0.05, 0.1) is 0 Å². The smallest absolute Gasteiger partial charge is 0.303 e. The summed E-state index contributed by atoms with van der Waals surface area (Å²) >= 11 is 0. The third-order valence-corrected chi connectivity index (χ3v) is 3.32. The Bertz CT molecular complexity index is 744. The first-order chi connectivity index (χ1) is 10.5. The lowest BCUT2D eigenvalue weighted by Gasteiger charge is -2.04. The van der Waals surface area contributed by atoms with Crippen LogP contribution in [0.25, 0.3) is 12.2 Å². The molecular formula is C18H19NO3. The van der Waals surface area contributed by atoms with Crippen molar-refractivity contribution in [1.29, 1.82) is 0 Å². The second-order valence-electron chi connectivity index (χ2n) is 5.24. The normalized spacial score (nSPS) is 11.0. The molecule has 4 nitrogen and oxygen atoms in total. The van der Waals surface area contributed by atoms with Crippen LogP contribution in [0.3, 0.4) is 0 Å². The molecule has 1 heterocycles. The Morgan fingerprint density at radius 1 is 1.18 bits per heavy atom. The van der Waals surface area contributed by atoms with Gasteiger partial charge in [0.15, 0.2) is 0 Å². The third kappa shape index (κ3) is 4.74. The molecule has 0 radical (unpaired) electrons. The van der Waals surface area contributed by atoms with Crippen LogP contribution >= 0.6 is 0 Å². The molecule has 1 aromatic carbocycles. The molecule has 2 rings (SSSR count). The van der Waals surface area contributed by atoms with E-state index in [0.717, 1.165) is 11.1 Å². The Morgan fingerprint density at radius 2 is 1.91 bits per heavy atom. The molecule has 0 atom stereocenters. The summed E-state index contributed by atoms with van der Waals surface area (Å²) < 4.78 is 1.53. The molecule has 0 fully saturated rings. The van der Waals surface area contributed by atoms with E-state index in [-0.39, 0.29) is 12.0 Å². The number of aromatic nitrogens is 1. The van der Waals surface area contributed by atoms with Gasteiger partial charge in [0, 0.05) is 25.2 Å². The molecule has 2 aromatic rings. The Kier molecular flexibility index (Phi) is 5.31. The number of benzene rings is 1. The van der Waals surface area contributed by atoms with Gasteiger partial charge in [0.2, 0.25) is 0 Å². The van der Waals surface area contributed by atoms with Gasteiger partial charge >= 0.3 is 5.97 Å². The summed E-state index contributed by atoms with van der Waals surface area (Å²) in [7, 11) is 0. The van der Waals surface area contributed by atoms with E-state index < -0.39 is 5.97 Å². The number of carboxylic acid groups (broad SMARTS) is 1. The minimum absolute atomic E-state index is 0.0709. The van der Waals surface area contributed by atoms with Crippen LogP contribution in [0.1, 0.15) is 29.5 Å². The van der Waals surface area contributed by atoms with Crippen LogP contribution in [0.5, 0.6) is 0 Å². The Morgan fingerprint density at radius 3 is 2.55 bits per heavy atom. The molecule has 1 N–H and O–H groups in total. The van der Waals surface area contributed by atoms with E-state index in [1.807, 2.05) is 43.3 Å². The maximum Gasteiger partial charge on any atom is 0.303 e. The van der Waals surface area contributed by atoms with Gasteiger partial charge in [-0.3, -0.25) is 9.59 Å². The highest BCUT2D eigenvalue weighted by Crippen LogP contribution is 2.09. The minimum Gasteiger partial charge on any atom is -0.481 e. The number of aryl methyl sites for hydroxylation is 2. The van der Waals surface area contributed by atoms with Crippen molar-refractivity contribution in [2.45, 2.75) is 26.3 Å². The first-order valence-corrected chi connectivity index (χ1v) is 7.21. The molecule has 0 aliphatic carbocycles. The molecule has 0 saturated heterocycles. The predicted molar refractivity (Wildman–Crippen MR) is 87.7 cm³/mol. The van der Waals surface area contributed by atoms with Gasteiger partial charge in [0.1, 0.15) is 0 Å². The van der Waals surface area contributed by atoms with E-state index in [2.05, 4.69) is 6.07 Å². The molecule has 0 aliphatic heterocycles. The van der Waals surface area contributed by atoms with Gasteiger partial charge in [-0.2, -0.15) is 0 Å². The summed E-state index contributed by atoms with van der Waals surface area (Å²) in [5, 5.41) is 8.61. The fourth-order valence-electron chi connectivity index (χ4n) is 2.18. The molecule has 114 valence electrons. The van der Waals surface area contributed by atoms with E-state index >= 15 is 0 Å². The lowest BCUT2D eigenvalue weighted by Crippen LogP contribution is -2.19. The number of hydrogen-bond acceptors (Lipinski definition) is 2. The molecule has 0 saturated carbocycles. The number of rotatable bonds is 6. The summed E-state index contributed by atoms with van der Waals surface area (Å²) in [5.74, 6) is -0.842. The Balaban J connectivity index is 2.06. The molecule has 0 unspecified atom stereocenters. The highest BCUT2D eigenvalue weighted by molar-refractivity contribution is 5.69. The van der Waals surface area contributed by atoms with Crippen molar-refractivity contribution in [2.75, 3.05) is 0 Å². The van der Waals surface area contributed by atoms with Gasteiger partial charge < -0.3 is 9.67 Å². The number of aliphatic carboxylic acids is 1. The summed E-state index contributed by atoms with van der Waals surface area (Å²) in [6.45, 7) is 2.46. The van der Waals surface area contributed by atoms with Crippen molar-refractivity contribution in [3.05, 3.63) is 69.6 Å². The molecule has 4 heteroatoms. The van der Waals surface area contributed by atoms with E-state index in [4.69, 9.17) is 5.11 Å². The topological polar surface area (TPSA) is 59.3 Å². The third-order valence-electron chi connectivity index (χ3n) is 3.32. The summed E-state index contributed by atoms with van der Waals surface area (Å²) in [6.07, 6.45) is 6.10. The standard InChI is InChI=1S/C18H19NO3/c1-14-4-2-5-15(12-14)7-8-16-9-11-19(17(20)13-16)10-3-6-18(21)22/h2,4-5,7-9,11-13H,3,6,10H2,1H3,(H,21,22)/b8-7+. The number of pyridine rings is 1. The van der Waals surface area contributed by atoms with Crippen molar-refractivity contribution in [1.82, 2.24) is 4.57 Å². The average molecular weight is 297 g/mol. The minimum atomic E-state index is -0.842. The summed E-state index contributed by atoms with van der Waals surface area (Å²) in [5.41, 5.74) is 3.00. The summed E-state index contributed by atoms with van der Waals surface area (Å²) in [4.78, 5) is 22.4. The van der Waals surface area contributed by atoms with Crippen LogP contribution < -0.4 is 5.56 Å². The lowest BCUT2D eigenvalue weighted by molar-refractivity contribution is -0.137. The maximum absolute atomic E-state index is 12.0. The highest BCUT2D eigenvalue weighted by Gasteiger charge is 2.00. The monoisotopic (exact) mass is 297 g/mol. The first kappa shape index (κ1) is 15.8. The van der Waals surface area contributed by atoms with Crippen molar-refractivity contribution in [3.63, 3.8) is 0 Å². The van der Waals surface area contributed by atoms with Crippen LogP contribution in [-0.4, -0.2) is 15.6 Å². The highest BCUT2D eigenvalue weighted by atomic mass is 16.4. The van der Waals surface area contributed by atoms with E-state index in [9.17, 15) is 9.59 Å². The molecular weight excluding hydrogens is 278 g/mol. The zero-order valence-electron chi connectivity index (χ0n) is 12.5. The molecule has 1 aromatic heterocycles. The van der Waals surface area contributed by atoms with Crippen LogP contribution in [0, 0.1) is 6.92 Å². The predicted octanol–water partition coefficient (Wildman–Crippen LogP) is 3.19. The zero-order chi connectivity index (χ0) is 15.9. The van der Waals surface area contributed by atoms with Crippen LogP contribution in [-0.2, 0) is 11.3 Å². The Hall–Kier alpha value is -2.62. The maximum atomic E-state index is 12.0. The first-order valence-electron chi connectivity index (χ1n) is 7.21. The zero-order valence-corrected chi connectivity index (χ0v) is 12.5. The van der Waals surface area contributed by atoms with Gasteiger partial charge in [-0.15, -0.1) is 0 Å². The van der Waals surface area contributed by atoms with E-state index in [0.29, 0.717) is 13.0 Å². The molecule has 0 bridgehead atoms. The van der Waals surface area contributed by atoms with Gasteiger partial charge in [-0.1, -0.05) is 42.0 Å².